The van der Waals surface area contributed by atoms with Crippen LogP contribution in [0.2, 0.25) is 0 Å². The largest absolute Gasteiger partial charge is 0.479 e. The Labute approximate surface area is 88.7 Å². The van der Waals surface area contributed by atoms with Gasteiger partial charge in [0.15, 0.2) is 6.10 Å². The number of rotatable bonds is 6. The lowest BCUT2D eigenvalue weighted by atomic mass is 10.0. The van der Waals surface area contributed by atoms with Crippen LogP contribution in [0.3, 0.4) is 0 Å². The Morgan fingerprint density at radius 3 is 2.33 bits per heavy atom. The van der Waals surface area contributed by atoms with Crippen LogP contribution in [0.1, 0.15) is 20.8 Å². The molecule has 0 aromatic carbocycles. The van der Waals surface area contributed by atoms with Crippen molar-refractivity contribution < 1.29 is 19.8 Å². The van der Waals surface area contributed by atoms with Crippen molar-refractivity contribution in [3.05, 3.63) is 0 Å². The lowest BCUT2D eigenvalue weighted by Gasteiger charge is -2.24. The first-order valence-electron chi connectivity index (χ1n) is 4.75. The highest BCUT2D eigenvalue weighted by molar-refractivity contribution is 5.86. The molecule has 0 aromatic rings. The van der Waals surface area contributed by atoms with Gasteiger partial charge in [0, 0.05) is 0 Å². The summed E-state index contributed by atoms with van der Waals surface area (Å²) in [5, 5.41) is 22.6. The van der Waals surface area contributed by atoms with Crippen molar-refractivity contribution in [2.24, 2.45) is 0 Å². The van der Waals surface area contributed by atoms with Crippen LogP contribution in [0.4, 0.5) is 0 Å². The van der Waals surface area contributed by atoms with Gasteiger partial charge in [-0.2, -0.15) is 0 Å². The van der Waals surface area contributed by atoms with Crippen molar-refractivity contribution in [1.29, 1.82) is 0 Å². The number of aliphatic carboxylic acids is 1. The maximum Gasteiger partial charge on any atom is 0.334 e. The van der Waals surface area contributed by atoms with E-state index in [1.54, 1.807) is 13.8 Å². The molecule has 6 nitrogen and oxygen atoms in total. The summed E-state index contributed by atoms with van der Waals surface area (Å²) in [6.45, 7) is 5.56. The first kappa shape index (κ1) is 13.9. The molecule has 4 N–H and O–H groups in total. The predicted molar refractivity (Wildman–Crippen MR) is 54.4 cm³/mol. The number of carbonyl (C=O) groups excluding carboxylic acids is 1. The van der Waals surface area contributed by atoms with Gasteiger partial charge in [0.1, 0.15) is 0 Å². The molecular weight excluding hydrogens is 200 g/mol. The Balaban J connectivity index is 4.08. The van der Waals surface area contributed by atoms with Crippen molar-refractivity contribution in [3.8, 4) is 0 Å². The Hall–Kier alpha value is -1.14. The fraction of sp³-hybridized carbons (Fsp3) is 0.778. The van der Waals surface area contributed by atoms with E-state index < -0.39 is 17.6 Å². The molecular formula is C9H18N2O4. The number of nitrogens with one attached hydrogen (secondary N) is 2. The summed E-state index contributed by atoms with van der Waals surface area (Å²) in [6.07, 6.45) is -1.56. The Morgan fingerprint density at radius 1 is 1.40 bits per heavy atom. The van der Waals surface area contributed by atoms with E-state index in [0.717, 1.165) is 0 Å². The van der Waals surface area contributed by atoms with Crippen molar-refractivity contribution >= 4 is 11.9 Å². The molecule has 1 amide bonds. The van der Waals surface area contributed by atoms with Gasteiger partial charge in [0.2, 0.25) is 5.91 Å². The van der Waals surface area contributed by atoms with E-state index in [2.05, 4.69) is 10.6 Å². The second-order valence-corrected chi connectivity index (χ2v) is 3.72. The maximum atomic E-state index is 11.5. The van der Waals surface area contributed by atoms with E-state index in [-0.39, 0.29) is 12.5 Å². The van der Waals surface area contributed by atoms with E-state index in [0.29, 0.717) is 6.54 Å². The minimum Gasteiger partial charge on any atom is -0.479 e. The quantitative estimate of drug-likeness (QED) is 0.455. The lowest BCUT2D eigenvalue weighted by molar-refractivity contribution is -0.146. The van der Waals surface area contributed by atoms with Crippen LogP contribution >= 0.6 is 0 Å². The highest BCUT2D eigenvalue weighted by atomic mass is 16.4. The SMILES string of the molecule is CCNC(C)(C)C(=O)NCC(O)C(=O)O. The Bertz CT molecular complexity index is 240. The van der Waals surface area contributed by atoms with Crippen LogP contribution in [0.15, 0.2) is 0 Å². The van der Waals surface area contributed by atoms with E-state index in [1.165, 1.54) is 0 Å². The number of carbonyl (C=O) groups is 2. The highest BCUT2D eigenvalue weighted by Crippen LogP contribution is 2.01. The van der Waals surface area contributed by atoms with Gasteiger partial charge < -0.3 is 20.8 Å². The van der Waals surface area contributed by atoms with Crippen molar-refractivity contribution in [2.45, 2.75) is 32.4 Å². The van der Waals surface area contributed by atoms with Gasteiger partial charge in [0.25, 0.3) is 0 Å². The van der Waals surface area contributed by atoms with Crippen LogP contribution in [0.25, 0.3) is 0 Å². The molecule has 0 aliphatic carbocycles. The number of carboxylic acid groups (broad SMARTS) is 1. The molecule has 1 atom stereocenters. The average Bonchev–Trinajstić information content (AvgIpc) is 2.13. The van der Waals surface area contributed by atoms with Crippen molar-refractivity contribution in [3.63, 3.8) is 0 Å². The van der Waals surface area contributed by atoms with Gasteiger partial charge in [-0.1, -0.05) is 6.92 Å². The molecule has 0 radical (unpaired) electrons. The van der Waals surface area contributed by atoms with E-state index in [1.807, 2.05) is 6.92 Å². The summed E-state index contributed by atoms with van der Waals surface area (Å²) < 4.78 is 0. The number of aliphatic hydroxyl groups is 1. The smallest absolute Gasteiger partial charge is 0.334 e. The summed E-state index contributed by atoms with van der Waals surface area (Å²) >= 11 is 0. The van der Waals surface area contributed by atoms with Crippen LogP contribution in [-0.2, 0) is 9.59 Å². The molecule has 0 rings (SSSR count). The minimum atomic E-state index is -1.56. The van der Waals surface area contributed by atoms with E-state index in [9.17, 15) is 9.59 Å². The Kier molecular flexibility index (Phi) is 5.24. The minimum absolute atomic E-state index is 0.289. The van der Waals surface area contributed by atoms with Crippen LogP contribution in [0, 0.1) is 0 Å². The zero-order chi connectivity index (χ0) is 12.1. The predicted octanol–water partition coefficient (Wildman–Crippen LogP) is -1.06. The molecule has 0 heterocycles. The number of hydrogen-bond donors (Lipinski definition) is 4. The number of amides is 1. The fourth-order valence-corrected chi connectivity index (χ4v) is 1.02. The summed E-state index contributed by atoms with van der Waals surface area (Å²) in [5.41, 5.74) is -0.771. The van der Waals surface area contributed by atoms with E-state index in [4.69, 9.17) is 10.2 Å². The molecule has 0 saturated carbocycles. The summed E-state index contributed by atoms with van der Waals surface area (Å²) in [6, 6.07) is 0. The van der Waals surface area contributed by atoms with Gasteiger partial charge >= 0.3 is 5.97 Å². The second-order valence-electron chi connectivity index (χ2n) is 3.72. The number of carboxylic acids is 1. The molecule has 0 bridgehead atoms. The highest BCUT2D eigenvalue weighted by Gasteiger charge is 2.27. The average molecular weight is 218 g/mol. The van der Waals surface area contributed by atoms with Gasteiger partial charge in [-0.25, -0.2) is 4.79 Å². The third kappa shape index (κ3) is 4.75. The van der Waals surface area contributed by atoms with Gasteiger partial charge in [-0.05, 0) is 20.4 Å². The summed E-state index contributed by atoms with van der Waals surface area (Å²) in [4.78, 5) is 21.8. The third-order valence-electron chi connectivity index (χ3n) is 1.93. The van der Waals surface area contributed by atoms with Crippen molar-refractivity contribution in [1.82, 2.24) is 10.6 Å². The molecule has 0 fully saturated rings. The molecule has 0 aliphatic rings. The molecule has 0 spiro atoms. The van der Waals surface area contributed by atoms with Crippen LogP contribution in [0.5, 0.6) is 0 Å². The van der Waals surface area contributed by atoms with Crippen LogP contribution in [-0.4, -0.2) is 46.8 Å². The lowest BCUT2D eigenvalue weighted by Crippen LogP contribution is -2.54. The first-order valence-corrected chi connectivity index (χ1v) is 4.75. The zero-order valence-electron chi connectivity index (χ0n) is 9.20. The molecule has 88 valence electrons. The fourth-order valence-electron chi connectivity index (χ4n) is 1.02. The van der Waals surface area contributed by atoms with Crippen LogP contribution < -0.4 is 10.6 Å². The summed E-state index contributed by atoms with van der Waals surface area (Å²) in [5.74, 6) is -1.69. The summed E-state index contributed by atoms with van der Waals surface area (Å²) in [7, 11) is 0. The van der Waals surface area contributed by atoms with Gasteiger partial charge in [0.05, 0.1) is 12.1 Å². The third-order valence-corrected chi connectivity index (χ3v) is 1.93. The van der Waals surface area contributed by atoms with E-state index >= 15 is 0 Å². The second kappa shape index (κ2) is 5.67. The zero-order valence-corrected chi connectivity index (χ0v) is 9.20. The topological polar surface area (TPSA) is 98.7 Å². The molecule has 1 unspecified atom stereocenters. The first-order chi connectivity index (χ1) is 6.81. The molecule has 15 heavy (non-hydrogen) atoms. The van der Waals surface area contributed by atoms with Crippen molar-refractivity contribution in [2.75, 3.05) is 13.1 Å². The number of aliphatic hydroxyl groups excluding tert-OH is 1. The molecule has 0 saturated heterocycles. The molecule has 6 heteroatoms. The normalized spacial score (nSPS) is 13.3. The number of hydrogen-bond acceptors (Lipinski definition) is 4. The monoisotopic (exact) mass is 218 g/mol. The van der Waals surface area contributed by atoms with Gasteiger partial charge in [-0.3, -0.25) is 4.79 Å². The number of likely N-dealkylation sites (N-methyl/N-ethyl adjacent to an activating group) is 1. The maximum absolute atomic E-state index is 11.5. The Morgan fingerprint density at radius 2 is 1.93 bits per heavy atom. The van der Waals surface area contributed by atoms with Gasteiger partial charge in [-0.15, -0.1) is 0 Å². The standard InChI is InChI=1S/C9H18N2O4/c1-4-11-9(2,3)8(15)10-5-6(12)7(13)14/h6,11-12H,4-5H2,1-3H3,(H,10,15)(H,13,14). The molecule has 0 aliphatic heterocycles. The molecule has 0 aromatic heterocycles.